The first kappa shape index (κ1) is 14.7. The first-order valence-corrected chi connectivity index (χ1v) is 7.21. The predicted octanol–water partition coefficient (Wildman–Crippen LogP) is 5.27. The van der Waals surface area contributed by atoms with E-state index >= 15 is 0 Å². The van der Waals surface area contributed by atoms with E-state index in [1.165, 1.54) is 0 Å². The summed E-state index contributed by atoms with van der Waals surface area (Å²) in [5.74, 6) is 1.17. The average Bonchev–Trinajstić information content (AvgIpc) is 2.36. The van der Waals surface area contributed by atoms with Gasteiger partial charge in [0.15, 0.2) is 0 Å². The van der Waals surface area contributed by atoms with Crippen LogP contribution in [0.15, 0.2) is 40.9 Å². The molecule has 0 saturated heterocycles. The lowest BCUT2D eigenvalue weighted by Gasteiger charge is -2.10. The molecule has 0 aliphatic carbocycles. The van der Waals surface area contributed by atoms with E-state index in [4.69, 9.17) is 27.9 Å². The second-order valence-corrected chi connectivity index (χ2v) is 5.70. The minimum Gasteiger partial charge on any atom is -0.454 e. The van der Waals surface area contributed by atoms with Gasteiger partial charge in [-0.25, -0.2) is 0 Å². The zero-order valence-corrected chi connectivity index (χ0v) is 13.3. The quantitative estimate of drug-likeness (QED) is 0.802. The van der Waals surface area contributed by atoms with E-state index in [1.807, 2.05) is 31.3 Å². The van der Waals surface area contributed by atoms with Crippen LogP contribution in [0.4, 0.5) is 0 Å². The molecular weight excluding hydrogens is 349 g/mol. The van der Waals surface area contributed by atoms with Gasteiger partial charge in [0.25, 0.3) is 0 Å². The van der Waals surface area contributed by atoms with Crippen molar-refractivity contribution >= 4 is 39.1 Å². The lowest BCUT2D eigenvalue weighted by atomic mass is 10.2. The maximum Gasteiger partial charge on any atom is 0.146 e. The topological polar surface area (TPSA) is 21.3 Å². The van der Waals surface area contributed by atoms with Crippen molar-refractivity contribution in [3.05, 3.63) is 56.5 Å². The van der Waals surface area contributed by atoms with E-state index in [0.717, 1.165) is 16.6 Å². The van der Waals surface area contributed by atoms with E-state index in [1.54, 1.807) is 12.1 Å². The molecule has 0 aliphatic heterocycles. The number of halogens is 3. The second-order valence-electron chi connectivity index (χ2n) is 3.97. The molecule has 0 bridgehead atoms. The number of nitrogens with one attached hydrogen (secondary N) is 1. The van der Waals surface area contributed by atoms with Crippen molar-refractivity contribution in [3.8, 4) is 11.5 Å². The van der Waals surface area contributed by atoms with Gasteiger partial charge in [0.05, 0.1) is 10.0 Å². The van der Waals surface area contributed by atoms with E-state index in [-0.39, 0.29) is 0 Å². The van der Waals surface area contributed by atoms with Gasteiger partial charge in [0.2, 0.25) is 0 Å². The molecule has 0 heterocycles. The molecule has 0 amide bonds. The summed E-state index contributed by atoms with van der Waals surface area (Å²) in [7, 11) is 1.89. The minimum absolute atomic E-state index is 0.532. The summed E-state index contributed by atoms with van der Waals surface area (Å²) in [5, 5.41) is 4.16. The molecule has 0 aromatic heterocycles. The molecule has 100 valence electrons. The van der Waals surface area contributed by atoms with Gasteiger partial charge >= 0.3 is 0 Å². The summed E-state index contributed by atoms with van der Waals surface area (Å²) in [5.41, 5.74) is 1.10. The fraction of sp³-hybridized carbons (Fsp3) is 0.143. The Bertz CT molecular complexity index is 590. The van der Waals surface area contributed by atoms with Crippen LogP contribution in [0.1, 0.15) is 5.56 Å². The Hall–Kier alpha value is -0.740. The van der Waals surface area contributed by atoms with Crippen LogP contribution in [0.5, 0.6) is 11.5 Å². The Kier molecular flexibility index (Phi) is 5.11. The zero-order valence-electron chi connectivity index (χ0n) is 10.2. The van der Waals surface area contributed by atoms with Crippen molar-refractivity contribution in [2.24, 2.45) is 0 Å². The highest BCUT2D eigenvalue weighted by atomic mass is 79.9. The molecule has 1 N–H and O–H groups in total. The highest BCUT2D eigenvalue weighted by molar-refractivity contribution is 9.10. The van der Waals surface area contributed by atoms with E-state index in [9.17, 15) is 0 Å². The van der Waals surface area contributed by atoms with Gasteiger partial charge in [-0.15, -0.1) is 0 Å². The molecule has 0 spiro atoms. The SMILES string of the molecule is CNCc1ccc(Oc2ccc(Br)cc2Cl)c(Cl)c1. The van der Waals surface area contributed by atoms with Gasteiger partial charge in [0.1, 0.15) is 11.5 Å². The molecular formula is C14H12BrCl2NO. The summed E-state index contributed by atoms with van der Waals surface area (Å²) in [4.78, 5) is 0. The summed E-state index contributed by atoms with van der Waals surface area (Å²) in [6.07, 6.45) is 0. The summed E-state index contributed by atoms with van der Waals surface area (Å²) in [6.45, 7) is 0.763. The number of hydrogen-bond acceptors (Lipinski definition) is 2. The standard InChI is InChI=1S/C14H12BrCl2NO/c1-18-8-9-2-4-13(11(16)6-9)19-14-5-3-10(15)7-12(14)17/h2-7,18H,8H2,1H3. The molecule has 2 aromatic carbocycles. The van der Waals surface area contributed by atoms with Crippen LogP contribution < -0.4 is 10.1 Å². The maximum atomic E-state index is 6.19. The molecule has 2 aromatic rings. The van der Waals surface area contributed by atoms with Crippen LogP contribution in [0.3, 0.4) is 0 Å². The Morgan fingerprint density at radius 1 is 1.05 bits per heavy atom. The van der Waals surface area contributed by atoms with Crippen LogP contribution in [0.2, 0.25) is 10.0 Å². The minimum atomic E-state index is 0.532. The van der Waals surface area contributed by atoms with Crippen molar-refractivity contribution in [1.29, 1.82) is 0 Å². The molecule has 0 aliphatic rings. The third-order valence-corrected chi connectivity index (χ3v) is 3.58. The van der Waals surface area contributed by atoms with Gasteiger partial charge in [-0.05, 0) is 42.9 Å². The molecule has 2 nitrogen and oxygen atoms in total. The highest BCUT2D eigenvalue weighted by Crippen LogP contribution is 2.35. The van der Waals surface area contributed by atoms with Gasteiger partial charge < -0.3 is 10.1 Å². The lowest BCUT2D eigenvalue weighted by molar-refractivity contribution is 0.483. The highest BCUT2D eigenvalue weighted by Gasteiger charge is 2.07. The molecule has 19 heavy (non-hydrogen) atoms. The monoisotopic (exact) mass is 359 g/mol. The molecule has 0 atom stereocenters. The van der Waals surface area contributed by atoms with Crippen LogP contribution in [0, 0.1) is 0 Å². The Balaban J connectivity index is 2.23. The summed E-state index contributed by atoms with van der Waals surface area (Å²) < 4.78 is 6.63. The summed E-state index contributed by atoms with van der Waals surface area (Å²) >= 11 is 15.6. The number of hydrogen-bond donors (Lipinski definition) is 1. The van der Waals surface area contributed by atoms with Gasteiger partial charge in [-0.2, -0.15) is 0 Å². The fourth-order valence-corrected chi connectivity index (χ4v) is 2.57. The number of benzene rings is 2. The third kappa shape index (κ3) is 3.86. The Labute approximate surface area is 130 Å². The van der Waals surface area contributed by atoms with Crippen LogP contribution in [-0.2, 0) is 6.54 Å². The molecule has 0 radical (unpaired) electrons. The van der Waals surface area contributed by atoms with Gasteiger partial charge in [-0.3, -0.25) is 0 Å². The van der Waals surface area contributed by atoms with E-state index < -0.39 is 0 Å². The van der Waals surface area contributed by atoms with Crippen molar-refractivity contribution < 1.29 is 4.74 Å². The van der Waals surface area contributed by atoms with Crippen molar-refractivity contribution in [1.82, 2.24) is 5.32 Å². The molecule has 2 rings (SSSR count). The third-order valence-electron chi connectivity index (χ3n) is 2.49. The second kappa shape index (κ2) is 6.62. The average molecular weight is 361 g/mol. The first-order chi connectivity index (χ1) is 9.10. The predicted molar refractivity (Wildman–Crippen MR) is 83.4 cm³/mol. The van der Waals surface area contributed by atoms with Crippen molar-refractivity contribution in [2.45, 2.75) is 6.54 Å². The number of rotatable bonds is 4. The van der Waals surface area contributed by atoms with Gasteiger partial charge in [0, 0.05) is 11.0 Å². The van der Waals surface area contributed by atoms with Crippen LogP contribution in [-0.4, -0.2) is 7.05 Å². The Morgan fingerprint density at radius 3 is 2.26 bits per heavy atom. The lowest BCUT2D eigenvalue weighted by Crippen LogP contribution is -2.04. The largest absolute Gasteiger partial charge is 0.454 e. The van der Waals surface area contributed by atoms with Crippen molar-refractivity contribution in [3.63, 3.8) is 0 Å². The van der Waals surface area contributed by atoms with Crippen LogP contribution in [0.25, 0.3) is 0 Å². The zero-order chi connectivity index (χ0) is 13.8. The summed E-state index contributed by atoms with van der Waals surface area (Å²) in [6, 6.07) is 11.1. The van der Waals surface area contributed by atoms with Crippen molar-refractivity contribution in [2.75, 3.05) is 7.05 Å². The Morgan fingerprint density at radius 2 is 1.68 bits per heavy atom. The molecule has 0 fully saturated rings. The molecule has 0 unspecified atom stereocenters. The fourth-order valence-electron chi connectivity index (χ4n) is 1.62. The normalized spacial score (nSPS) is 10.5. The molecule has 0 saturated carbocycles. The van der Waals surface area contributed by atoms with E-state index in [2.05, 4.69) is 21.2 Å². The van der Waals surface area contributed by atoms with Gasteiger partial charge in [-0.1, -0.05) is 45.2 Å². The van der Waals surface area contributed by atoms with Crippen LogP contribution >= 0.6 is 39.1 Å². The number of ether oxygens (including phenoxy) is 1. The molecule has 5 heteroatoms. The van der Waals surface area contributed by atoms with E-state index in [0.29, 0.717) is 21.5 Å². The maximum absolute atomic E-state index is 6.19. The smallest absolute Gasteiger partial charge is 0.146 e. The first-order valence-electron chi connectivity index (χ1n) is 5.66.